The summed E-state index contributed by atoms with van der Waals surface area (Å²) in [7, 11) is 0. The number of hydrogen-bond acceptors (Lipinski definition) is 4. The van der Waals surface area contributed by atoms with Crippen LogP contribution in [0.3, 0.4) is 0 Å². The molecule has 0 bridgehead atoms. The molecule has 1 aromatic heterocycles. The fraction of sp³-hybridized carbons (Fsp3) is 0.214. The Morgan fingerprint density at radius 3 is 2.30 bits per heavy atom. The summed E-state index contributed by atoms with van der Waals surface area (Å²) in [5, 5.41) is 22.1. The minimum atomic E-state index is -0.375. The van der Waals surface area contributed by atoms with E-state index in [2.05, 4.69) is 42.5 Å². The predicted octanol–water partition coefficient (Wildman–Crippen LogP) is 5.44. The maximum absolute atomic E-state index is 8.56. The van der Waals surface area contributed by atoms with E-state index < -0.39 is 0 Å². The largest absolute Gasteiger partial charge is 0.393 e. The summed E-state index contributed by atoms with van der Waals surface area (Å²) < 4.78 is 0. The van der Waals surface area contributed by atoms with E-state index >= 15 is 0 Å². The van der Waals surface area contributed by atoms with Crippen LogP contribution in [-0.4, -0.2) is 32.4 Å². The Hall–Kier alpha value is -2.69. The van der Waals surface area contributed by atoms with Gasteiger partial charge in [-0.25, -0.2) is 0 Å². The van der Waals surface area contributed by atoms with Crippen molar-refractivity contribution in [3.63, 3.8) is 0 Å². The van der Waals surface area contributed by atoms with E-state index in [1.807, 2.05) is 30.5 Å². The van der Waals surface area contributed by atoms with E-state index in [0.29, 0.717) is 6.42 Å². The Kier molecular flexibility index (Phi) is 6.87. The van der Waals surface area contributed by atoms with Crippen LogP contribution < -0.4 is 0 Å². The maximum Gasteiger partial charge on any atom is 0.0873 e. The van der Waals surface area contributed by atoms with Gasteiger partial charge in [0.15, 0.2) is 0 Å². The van der Waals surface area contributed by atoms with Gasteiger partial charge in [0.05, 0.1) is 23.4 Å². The molecule has 5 heteroatoms. The van der Waals surface area contributed by atoms with Gasteiger partial charge in [-0.3, -0.25) is 4.98 Å². The molecule has 1 aliphatic carbocycles. The third-order valence-electron chi connectivity index (χ3n) is 5.88. The second kappa shape index (κ2) is 9.66. The quantitative estimate of drug-likeness (QED) is 0.206. The van der Waals surface area contributed by atoms with E-state index in [1.165, 1.54) is 27.3 Å². The molecule has 4 aromatic carbocycles. The molecular weight excluding hydrogens is 589 g/mol. The zero-order valence-electron chi connectivity index (χ0n) is 18.5. The summed E-state index contributed by atoms with van der Waals surface area (Å²) in [4.78, 5) is 9.81. The van der Waals surface area contributed by atoms with Crippen LogP contribution in [0.5, 0.6) is 0 Å². The Bertz CT molecular complexity index is 1430. The number of rotatable bonds is 3. The third kappa shape index (κ3) is 4.42. The van der Waals surface area contributed by atoms with E-state index in [0.717, 1.165) is 34.1 Å². The van der Waals surface area contributed by atoms with Crippen LogP contribution in [0.1, 0.15) is 31.4 Å². The first-order valence-electron chi connectivity index (χ1n) is 11.0. The summed E-state index contributed by atoms with van der Waals surface area (Å²) in [6.45, 7) is 3.32. The van der Waals surface area contributed by atoms with Crippen LogP contribution in [0.15, 0.2) is 66.9 Å². The van der Waals surface area contributed by atoms with Crippen molar-refractivity contribution >= 4 is 32.6 Å². The molecule has 1 radical (unpaired) electrons. The molecule has 5 aromatic rings. The van der Waals surface area contributed by atoms with Crippen molar-refractivity contribution in [3.05, 3.63) is 84.1 Å². The van der Waals surface area contributed by atoms with Crippen LogP contribution in [-0.2, 0) is 26.5 Å². The van der Waals surface area contributed by atoms with Gasteiger partial charge in [0.25, 0.3) is 0 Å². The van der Waals surface area contributed by atoms with E-state index in [4.69, 9.17) is 20.2 Å². The third-order valence-corrected chi connectivity index (χ3v) is 5.88. The molecule has 2 N–H and O–H groups in total. The van der Waals surface area contributed by atoms with Gasteiger partial charge in [0.1, 0.15) is 0 Å². The van der Waals surface area contributed by atoms with Gasteiger partial charge in [-0.1, -0.05) is 53.9 Å². The molecule has 1 aliphatic rings. The molecule has 33 heavy (non-hydrogen) atoms. The molecule has 0 saturated heterocycles. The Morgan fingerprint density at radius 1 is 0.879 bits per heavy atom. The molecule has 2 unspecified atom stereocenters. The number of hydrogen-bond donors (Lipinski definition) is 2. The second-order valence-corrected chi connectivity index (χ2v) is 8.52. The summed E-state index contributed by atoms with van der Waals surface area (Å²) in [5.41, 5.74) is 6.68. The number of nitrogens with zero attached hydrogens (tertiary/aromatic N) is 2. The molecule has 0 fully saturated rings. The van der Waals surface area contributed by atoms with Crippen molar-refractivity contribution in [3.8, 4) is 11.3 Å². The first kappa shape index (κ1) is 23.5. The zero-order chi connectivity index (χ0) is 22.2. The monoisotopic (exact) mass is 614 g/mol. The molecule has 4 nitrogen and oxygen atoms in total. The van der Waals surface area contributed by atoms with Crippen molar-refractivity contribution < 1.29 is 30.3 Å². The van der Waals surface area contributed by atoms with Gasteiger partial charge in [-0.15, -0.1) is 29.1 Å². The normalized spacial score (nSPS) is 13.6. The zero-order valence-corrected chi connectivity index (χ0v) is 20.9. The minimum Gasteiger partial charge on any atom is -0.393 e. The molecule has 0 amide bonds. The molecule has 0 saturated carbocycles. The van der Waals surface area contributed by atoms with Gasteiger partial charge in [0.2, 0.25) is 0 Å². The van der Waals surface area contributed by atoms with E-state index in [1.54, 1.807) is 13.8 Å². The van der Waals surface area contributed by atoms with Crippen molar-refractivity contribution in [1.82, 2.24) is 9.97 Å². The van der Waals surface area contributed by atoms with Crippen molar-refractivity contribution in [1.29, 1.82) is 0 Å². The topological polar surface area (TPSA) is 66.2 Å². The molecule has 0 aliphatic heterocycles. The molecule has 0 spiro atoms. The van der Waals surface area contributed by atoms with E-state index in [-0.39, 0.29) is 32.3 Å². The first-order valence-corrected chi connectivity index (χ1v) is 11.0. The van der Waals surface area contributed by atoms with Gasteiger partial charge >= 0.3 is 0 Å². The maximum atomic E-state index is 8.56. The van der Waals surface area contributed by atoms with Gasteiger partial charge < -0.3 is 15.2 Å². The van der Waals surface area contributed by atoms with Crippen LogP contribution in [0.2, 0.25) is 0 Å². The smallest absolute Gasteiger partial charge is 0.0873 e. The SMILES string of the molecule is CC(O)CC(C)O.[Ir].[c-]1ccc2c3c1c1ncc(-c4ccccc4)nc1c1cccc(c13)C2. The second-order valence-electron chi connectivity index (χ2n) is 8.52. The number of aliphatic hydroxyl groups excluding tert-OH is 2. The van der Waals surface area contributed by atoms with Crippen molar-refractivity contribution in [2.45, 2.75) is 38.9 Å². The van der Waals surface area contributed by atoms with E-state index in [9.17, 15) is 0 Å². The number of fused-ring (bicyclic) bond motifs is 3. The number of aliphatic hydroxyl groups is 2. The standard InChI is InChI=1S/C23H13N2.C5H12O2.Ir/c1-2-6-14(7-3-1)19-13-24-22-17-10-4-8-15-12-16-9-5-11-18(23(22)25-19)21(16)20(15)17;1-4(6)3-5(2)7;/h1-9,11,13H,12H2;4-7H,3H2,1-2H3;/q-1;;. The Balaban J connectivity index is 0.000000287. The van der Waals surface area contributed by atoms with Gasteiger partial charge in [0, 0.05) is 37.4 Å². The summed E-state index contributed by atoms with van der Waals surface area (Å²) >= 11 is 0. The number of aromatic nitrogens is 2. The van der Waals surface area contributed by atoms with Crippen LogP contribution in [0.4, 0.5) is 0 Å². The fourth-order valence-electron chi connectivity index (χ4n) is 4.61. The average molecular weight is 614 g/mol. The predicted molar refractivity (Wildman–Crippen MR) is 130 cm³/mol. The average Bonchev–Trinajstić information content (AvgIpc) is 3.18. The van der Waals surface area contributed by atoms with Crippen molar-refractivity contribution in [2.24, 2.45) is 0 Å². The molecule has 1 heterocycles. The Labute approximate surface area is 206 Å². The summed E-state index contributed by atoms with van der Waals surface area (Å²) in [6, 6.07) is 24.4. The molecule has 2 atom stereocenters. The summed E-state index contributed by atoms with van der Waals surface area (Å²) in [5.74, 6) is 0. The van der Waals surface area contributed by atoms with Crippen LogP contribution >= 0.6 is 0 Å². The van der Waals surface area contributed by atoms with Crippen LogP contribution in [0.25, 0.3) is 43.8 Å². The van der Waals surface area contributed by atoms with Crippen molar-refractivity contribution in [2.75, 3.05) is 0 Å². The minimum absolute atomic E-state index is 0. The summed E-state index contributed by atoms with van der Waals surface area (Å²) in [6.07, 6.45) is 2.59. The van der Waals surface area contributed by atoms with Crippen LogP contribution in [0, 0.1) is 6.07 Å². The van der Waals surface area contributed by atoms with Gasteiger partial charge in [-0.05, 0) is 43.0 Å². The Morgan fingerprint density at radius 2 is 1.61 bits per heavy atom. The molecule has 6 rings (SSSR count). The first-order chi connectivity index (χ1) is 15.5. The number of benzene rings is 4. The molecular formula is C28H25IrN2O2-. The van der Waals surface area contributed by atoms with Gasteiger partial charge in [-0.2, -0.15) is 0 Å². The fourth-order valence-corrected chi connectivity index (χ4v) is 4.61. The molecule has 169 valence electrons.